The molecule has 2 N–H and O–H groups in total. The Kier molecular flexibility index (Phi) is 3.83. The van der Waals surface area contributed by atoms with Gasteiger partial charge in [-0.05, 0) is 30.3 Å². The van der Waals surface area contributed by atoms with Gasteiger partial charge in [0.1, 0.15) is 5.69 Å². The Morgan fingerprint density at radius 1 is 1.17 bits per heavy atom. The highest BCUT2D eigenvalue weighted by molar-refractivity contribution is 7.92. The number of aromatic amines is 1. The van der Waals surface area contributed by atoms with Crippen LogP contribution in [0.25, 0.3) is 22.3 Å². The SMILES string of the molecule is CS(=O)(=O)Nc1ccc(Cl)cc1-c1nc2ccccc2[nH]c1=O. The second-order valence-corrected chi connectivity index (χ2v) is 7.18. The average molecular weight is 350 g/mol. The highest BCUT2D eigenvalue weighted by Gasteiger charge is 2.15. The predicted octanol–water partition coefficient (Wildman–Crippen LogP) is 2.62. The van der Waals surface area contributed by atoms with E-state index in [9.17, 15) is 13.2 Å². The quantitative estimate of drug-likeness (QED) is 0.760. The number of hydrogen-bond donors (Lipinski definition) is 2. The van der Waals surface area contributed by atoms with Gasteiger partial charge in [-0.2, -0.15) is 0 Å². The van der Waals surface area contributed by atoms with Crippen molar-refractivity contribution in [1.82, 2.24) is 9.97 Å². The molecule has 0 saturated carbocycles. The zero-order chi connectivity index (χ0) is 16.6. The molecular weight excluding hydrogens is 338 g/mol. The van der Waals surface area contributed by atoms with Crippen LogP contribution < -0.4 is 10.3 Å². The molecule has 0 unspecified atom stereocenters. The number of anilines is 1. The van der Waals surface area contributed by atoms with Crippen molar-refractivity contribution in [3.05, 3.63) is 57.8 Å². The maximum atomic E-state index is 12.3. The van der Waals surface area contributed by atoms with E-state index in [0.717, 1.165) is 6.26 Å². The van der Waals surface area contributed by atoms with E-state index in [2.05, 4.69) is 14.7 Å². The molecule has 0 amide bonds. The highest BCUT2D eigenvalue weighted by atomic mass is 35.5. The number of nitrogens with zero attached hydrogens (tertiary/aromatic N) is 1. The molecule has 0 spiro atoms. The first-order valence-electron chi connectivity index (χ1n) is 6.60. The number of aromatic nitrogens is 2. The summed E-state index contributed by atoms with van der Waals surface area (Å²) in [6.07, 6.45) is 1.03. The van der Waals surface area contributed by atoms with Crippen LogP contribution in [-0.4, -0.2) is 24.6 Å². The Bertz CT molecular complexity index is 1060. The minimum absolute atomic E-state index is 0.0948. The number of halogens is 1. The number of rotatable bonds is 3. The van der Waals surface area contributed by atoms with Gasteiger partial charge in [-0.1, -0.05) is 23.7 Å². The third-order valence-corrected chi connectivity index (χ3v) is 3.96. The standard InChI is InChI=1S/C15H12ClN3O3S/c1-23(21,22)19-11-7-6-9(16)8-10(11)14-15(20)18-13-5-3-2-4-12(13)17-14/h2-8,19H,1H3,(H,18,20). The van der Waals surface area contributed by atoms with Crippen molar-refractivity contribution in [2.75, 3.05) is 11.0 Å². The van der Waals surface area contributed by atoms with E-state index in [1.807, 2.05) is 0 Å². The van der Waals surface area contributed by atoms with Crippen molar-refractivity contribution in [2.45, 2.75) is 0 Å². The van der Waals surface area contributed by atoms with E-state index in [1.54, 1.807) is 24.3 Å². The smallest absolute Gasteiger partial charge is 0.275 e. The van der Waals surface area contributed by atoms with Gasteiger partial charge in [-0.25, -0.2) is 13.4 Å². The lowest BCUT2D eigenvalue weighted by molar-refractivity contribution is 0.607. The van der Waals surface area contributed by atoms with Gasteiger partial charge in [0.15, 0.2) is 0 Å². The summed E-state index contributed by atoms with van der Waals surface area (Å²) in [4.78, 5) is 19.4. The van der Waals surface area contributed by atoms with Crippen molar-refractivity contribution in [3.63, 3.8) is 0 Å². The summed E-state index contributed by atoms with van der Waals surface area (Å²) in [6, 6.07) is 11.6. The number of hydrogen-bond acceptors (Lipinski definition) is 4. The van der Waals surface area contributed by atoms with E-state index < -0.39 is 15.6 Å². The summed E-state index contributed by atoms with van der Waals surface area (Å²) < 4.78 is 25.4. The Labute approximate surface area is 137 Å². The molecule has 3 aromatic rings. The first kappa shape index (κ1) is 15.5. The number of sulfonamides is 1. The van der Waals surface area contributed by atoms with E-state index in [4.69, 9.17) is 11.6 Å². The fraction of sp³-hybridized carbons (Fsp3) is 0.0667. The highest BCUT2D eigenvalue weighted by Crippen LogP contribution is 2.29. The maximum Gasteiger partial charge on any atom is 0.275 e. The lowest BCUT2D eigenvalue weighted by atomic mass is 10.1. The molecule has 1 aromatic heterocycles. The molecule has 3 rings (SSSR count). The van der Waals surface area contributed by atoms with Crippen LogP contribution in [0.1, 0.15) is 0 Å². The van der Waals surface area contributed by atoms with Gasteiger partial charge >= 0.3 is 0 Å². The lowest BCUT2D eigenvalue weighted by Crippen LogP contribution is -2.15. The van der Waals surface area contributed by atoms with Gasteiger partial charge in [0, 0.05) is 10.6 Å². The van der Waals surface area contributed by atoms with E-state index >= 15 is 0 Å². The molecule has 8 heteroatoms. The molecule has 0 saturated heterocycles. The zero-order valence-electron chi connectivity index (χ0n) is 12.0. The zero-order valence-corrected chi connectivity index (χ0v) is 13.6. The Balaban J connectivity index is 2.27. The minimum Gasteiger partial charge on any atom is -0.319 e. The largest absolute Gasteiger partial charge is 0.319 e. The third kappa shape index (κ3) is 3.35. The number of nitrogens with one attached hydrogen (secondary N) is 2. The molecule has 6 nitrogen and oxygen atoms in total. The summed E-state index contributed by atoms with van der Waals surface area (Å²) in [7, 11) is -3.51. The summed E-state index contributed by atoms with van der Waals surface area (Å²) in [5, 5.41) is 0.369. The van der Waals surface area contributed by atoms with Crippen molar-refractivity contribution >= 4 is 38.3 Å². The van der Waals surface area contributed by atoms with E-state index in [0.29, 0.717) is 21.6 Å². The van der Waals surface area contributed by atoms with E-state index in [1.165, 1.54) is 18.2 Å². The molecule has 23 heavy (non-hydrogen) atoms. The van der Waals surface area contributed by atoms with Crippen LogP contribution in [0.2, 0.25) is 5.02 Å². The van der Waals surface area contributed by atoms with Gasteiger partial charge in [0.2, 0.25) is 10.0 Å². The molecule has 118 valence electrons. The second kappa shape index (κ2) is 5.68. The van der Waals surface area contributed by atoms with Gasteiger partial charge < -0.3 is 4.98 Å². The molecule has 2 aromatic carbocycles. The lowest BCUT2D eigenvalue weighted by Gasteiger charge is -2.11. The Morgan fingerprint density at radius 2 is 1.91 bits per heavy atom. The summed E-state index contributed by atoms with van der Waals surface area (Å²) in [5.41, 5.74) is 1.41. The summed E-state index contributed by atoms with van der Waals surface area (Å²) in [5.74, 6) is 0. The number of benzene rings is 2. The van der Waals surface area contributed by atoms with Crippen LogP contribution in [0, 0.1) is 0 Å². The molecule has 0 radical (unpaired) electrons. The fourth-order valence-corrected chi connectivity index (χ4v) is 2.96. The summed E-state index contributed by atoms with van der Waals surface area (Å²) >= 11 is 5.99. The van der Waals surface area contributed by atoms with Crippen molar-refractivity contribution in [3.8, 4) is 11.3 Å². The molecule has 0 aliphatic rings. The number of fused-ring (bicyclic) bond motifs is 1. The number of H-pyrrole nitrogens is 1. The molecule has 1 heterocycles. The molecule has 0 fully saturated rings. The molecule has 0 aliphatic carbocycles. The van der Waals surface area contributed by atoms with Gasteiger partial charge in [-0.15, -0.1) is 0 Å². The Hall–Kier alpha value is -2.38. The van der Waals surface area contributed by atoms with Crippen LogP contribution in [0.15, 0.2) is 47.3 Å². The molecular formula is C15H12ClN3O3S. The van der Waals surface area contributed by atoms with Crippen LogP contribution in [0.4, 0.5) is 5.69 Å². The Morgan fingerprint density at radius 3 is 2.65 bits per heavy atom. The second-order valence-electron chi connectivity index (χ2n) is 5.00. The predicted molar refractivity (Wildman–Crippen MR) is 91.3 cm³/mol. The monoisotopic (exact) mass is 349 g/mol. The van der Waals surface area contributed by atoms with Crippen molar-refractivity contribution in [2.24, 2.45) is 0 Å². The molecule has 0 bridgehead atoms. The van der Waals surface area contributed by atoms with Crippen LogP contribution in [-0.2, 0) is 10.0 Å². The topological polar surface area (TPSA) is 91.9 Å². The first-order valence-corrected chi connectivity index (χ1v) is 8.87. The number of para-hydroxylation sites is 2. The van der Waals surface area contributed by atoms with Crippen LogP contribution in [0.3, 0.4) is 0 Å². The van der Waals surface area contributed by atoms with Crippen LogP contribution >= 0.6 is 11.6 Å². The van der Waals surface area contributed by atoms with Gasteiger partial charge in [-0.3, -0.25) is 9.52 Å². The average Bonchev–Trinajstić information content (AvgIpc) is 2.47. The van der Waals surface area contributed by atoms with Gasteiger partial charge in [0.25, 0.3) is 5.56 Å². The normalized spacial score (nSPS) is 11.6. The third-order valence-electron chi connectivity index (χ3n) is 3.13. The van der Waals surface area contributed by atoms with E-state index in [-0.39, 0.29) is 11.4 Å². The van der Waals surface area contributed by atoms with Gasteiger partial charge in [0.05, 0.1) is 23.0 Å². The van der Waals surface area contributed by atoms with Crippen molar-refractivity contribution < 1.29 is 8.42 Å². The maximum absolute atomic E-state index is 12.3. The summed E-state index contributed by atoms with van der Waals surface area (Å²) in [6.45, 7) is 0. The van der Waals surface area contributed by atoms with Crippen LogP contribution in [0.5, 0.6) is 0 Å². The first-order chi connectivity index (χ1) is 10.8. The molecule has 0 aliphatic heterocycles. The fourth-order valence-electron chi connectivity index (χ4n) is 2.21. The van der Waals surface area contributed by atoms with Crippen molar-refractivity contribution in [1.29, 1.82) is 0 Å². The minimum atomic E-state index is -3.51. The molecule has 0 atom stereocenters.